The lowest BCUT2D eigenvalue weighted by atomic mass is 10.1. The summed E-state index contributed by atoms with van der Waals surface area (Å²) < 4.78 is 67.4. The third-order valence-corrected chi connectivity index (χ3v) is 7.10. The molecule has 5 nitrogen and oxygen atoms in total. The number of carbonyl (C=O) groups excluding carboxylic acids is 1. The maximum atomic E-state index is 13.4. The Morgan fingerprint density at radius 1 is 0.941 bits per heavy atom. The summed E-state index contributed by atoms with van der Waals surface area (Å²) in [4.78, 5) is 12.7. The van der Waals surface area contributed by atoms with E-state index in [-0.39, 0.29) is 10.6 Å². The fraction of sp³-hybridized carbons (Fsp3) is 0.240. The lowest BCUT2D eigenvalue weighted by Gasteiger charge is -2.26. The van der Waals surface area contributed by atoms with E-state index in [0.29, 0.717) is 4.31 Å². The second-order valence-corrected chi connectivity index (χ2v) is 9.94. The van der Waals surface area contributed by atoms with Crippen molar-refractivity contribution in [1.82, 2.24) is 5.32 Å². The fourth-order valence-corrected chi connectivity index (χ4v) is 4.76. The first-order chi connectivity index (χ1) is 15.9. The molecule has 0 fully saturated rings. The standard InChI is InChI=1S/C25H25F3N2O3S/c1-17-7-11-20(12-8-17)19(3)29-24(31)16-30(22-6-4-5-21(15-22)25(26,27)28)34(32,33)23-13-9-18(2)10-14-23/h4-15,19H,16H2,1-3H3,(H,29,31)/t19-/m0/s1. The number of rotatable bonds is 7. The number of nitrogens with one attached hydrogen (secondary N) is 1. The second kappa shape index (κ2) is 9.89. The van der Waals surface area contributed by atoms with E-state index in [4.69, 9.17) is 0 Å². The lowest BCUT2D eigenvalue weighted by molar-refractivity contribution is -0.137. The van der Waals surface area contributed by atoms with Gasteiger partial charge in [0.1, 0.15) is 6.54 Å². The number of aryl methyl sites for hydroxylation is 2. The normalized spacial score (nSPS) is 12.8. The first-order valence-electron chi connectivity index (χ1n) is 10.5. The Morgan fingerprint density at radius 3 is 2.06 bits per heavy atom. The third kappa shape index (κ3) is 5.96. The highest BCUT2D eigenvalue weighted by Crippen LogP contribution is 2.33. The minimum Gasteiger partial charge on any atom is -0.348 e. The summed E-state index contributed by atoms with van der Waals surface area (Å²) in [5.41, 5.74) is 1.40. The fourth-order valence-electron chi connectivity index (χ4n) is 3.35. The van der Waals surface area contributed by atoms with Crippen LogP contribution < -0.4 is 9.62 Å². The van der Waals surface area contributed by atoms with Gasteiger partial charge in [-0.2, -0.15) is 13.2 Å². The van der Waals surface area contributed by atoms with Crippen LogP contribution in [0.25, 0.3) is 0 Å². The van der Waals surface area contributed by atoms with E-state index in [1.54, 1.807) is 26.0 Å². The molecule has 3 aromatic rings. The van der Waals surface area contributed by atoms with Crippen molar-refractivity contribution in [3.63, 3.8) is 0 Å². The lowest BCUT2D eigenvalue weighted by Crippen LogP contribution is -2.41. The molecule has 0 saturated carbocycles. The summed E-state index contributed by atoms with van der Waals surface area (Å²) in [6, 6.07) is 16.8. The minimum atomic E-state index is -4.67. The van der Waals surface area contributed by atoms with E-state index in [9.17, 15) is 26.4 Å². The highest BCUT2D eigenvalue weighted by molar-refractivity contribution is 7.92. The predicted octanol–water partition coefficient (Wildman–Crippen LogP) is 5.39. The van der Waals surface area contributed by atoms with Crippen molar-refractivity contribution in [2.24, 2.45) is 0 Å². The zero-order valence-electron chi connectivity index (χ0n) is 18.9. The number of alkyl halides is 3. The molecule has 180 valence electrons. The Bertz CT molecular complexity index is 1260. The molecule has 0 aromatic heterocycles. The number of anilines is 1. The van der Waals surface area contributed by atoms with Gasteiger partial charge in [-0.05, 0) is 56.7 Å². The number of hydrogen-bond donors (Lipinski definition) is 1. The van der Waals surface area contributed by atoms with Gasteiger partial charge in [0.2, 0.25) is 5.91 Å². The Kier molecular flexibility index (Phi) is 7.35. The Morgan fingerprint density at radius 2 is 1.50 bits per heavy atom. The number of nitrogens with zero attached hydrogens (tertiary/aromatic N) is 1. The summed E-state index contributed by atoms with van der Waals surface area (Å²) in [5.74, 6) is -0.652. The Labute approximate surface area is 197 Å². The molecule has 1 N–H and O–H groups in total. The zero-order chi connectivity index (χ0) is 25.1. The smallest absolute Gasteiger partial charge is 0.348 e. The highest BCUT2D eigenvalue weighted by atomic mass is 32.2. The Balaban J connectivity index is 1.95. The quantitative estimate of drug-likeness (QED) is 0.483. The molecule has 0 aliphatic carbocycles. The molecule has 0 heterocycles. The van der Waals surface area contributed by atoms with Gasteiger partial charge in [-0.25, -0.2) is 8.42 Å². The van der Waals surface area contributed by atoms with Gasteiger partial charge in [0.15, 0.2) is 0 Å². The van der Waals surface area contributed by atoms with Crippen molar-refractivity contribution < 1.29 is 26.4 Å². The van der Waals surface area contributed by atoms with Crippen molar-refractivity contribution >= 4 is 21.6 Å². The molecule has 0 aliphatic heterocycles. The summed E-state index contributed by atoms with van der Waals surface area (Å²) in [6.07, 6.45) is -4.67. The van der Waals surface area contributed by atoms with Crippen LogP contribution in [0.3, 0.4) is 0 Å². The molecule has 1 atom stereocenters. The number of hydrogen-bond acceptors (Lipinski definition) is 3. The topological polar surface area (TPSA) is 66.5 Å². The maximum absolute atomic E-state index is 13.4. The van der Waals surface area contributed by atoms with Crippen LogP contribution in [-0.4, -0.2) is 20.9 Å². The largest absolute Gasteiger partial charge is 0.416 e. The number of benzene rings is 3. The number of amides is 1. The van der Waals surface area contributed by atoms with E-state index in [2.05, 4.69) is 5.32 Å². The van der Waals surface area contributed by atoms with E-state index >= 15 is 0 Å². The molecule has 0 spiro atoms. The number of carbonyl (C=O) groups is 1. The van der Waals surface area contributed by atoms with Gasteiger partial charge in [0, 0.05) is 0 Å². The predicted molar refractivity (Wildman–Crippen MR) is 125 cm³/mol. The van der Waals surface area contributed by atoms with Gasteiger partial charge in [0.25, 0.3) is 10.0 Å². The third-order valence-electron chi connectivity index (χ3n) is 5.31. The Hall–Kier alpha value is -3.33. The average Bonchev–Trinajstić information content (AvgIpc) is 2.77. The summed E-state index contributed by atoms with van der Waals surface area (Å²) in [7, 11) is -4.33. The molecular formula is C25H25F3N2O3S. The monoisotopic (exact) mass is 490 g/mol. The SMILES string of the molecule is Cc1ccc([C@H](C)NC(=O)CN(c2cccc(C(F)(F)F)c2)S(=O)(=O)c2ccc(C)cc2)cc1. The van der Waals surface area contributed by atoms with Gasteiger partial charge in [-0.15, -0.1) is 0 Å². The van der Waals surface area contributed by atoms with Crippen molar-refractivity contribution in [2.45, 2.75) is 37.9 Å². The van der Waals surface area contributed by atoms with Gasteiger partial charge in [-0.3, -0.25) is 9.10 Å². The van der Waals surface area contributed by atoms with E-state index in [1.165, 1.54) is 18.2 Å². The summed E-state index contributed by atoms with van der Waals surface area (Å²) in [6.45, 7) is 4.76. The molecule has 3 aromatic carbocycles. The molecule has 0 unspecified atom stereocenters. The second-order valence-electron chi connectivity index (χ2n) is 8.07. The first-order valence-corrected chi connectivity index (χ1v) is 11.9. The molecule has 34 heavy (non-hydrogen) atoms. The van der Waals surface area contributed by atoms with Crippen LogP contribution in [0.4, 0.5) is 18.9 Å². The molecule has 0 saturated heterocycles. The highest BCUT2D eigenvalue weighted by Gasteiger charge is 2.33. The molecular weight excluding hydrogens is 465 g/mol. The average molecular weight is 491 g/mol. The molecule has 3 rings (SSSR count). The number of sulfonamides is 1. The van der Waals surface area contributed by atoms with Crippen LogP contribution in [-0.2, 0) is 21.0 Å². The van der Waals surface area contributed by atoms with Gasteiger partial charge in [-0.1, -0.05) is 53.6 Å². The van der Waals surface area contributed by atoms with Crippen molar-refractivity contribution in [3.05, 3.63) is 95.1 Å². The van der Waals surface area contributed by atoms with Gasteiger partial charge in [0.05, 0.1) is 22.2 Å². The summed E-state index contributed by atoms with van der Waals surface area (Å²) >= 11 is 0. The first kappa shape index (κ1) is 25.3. The van der Waals surface area contributed by atoms with E-state index in [1.807, 2.05) is 31.2 Å². The van der Waals surface area contributed by atoms with Crippen LogP contribution >= 0.6 is 0 Å². The van der Waals surface area contributed by atoms with Crippen molar-refractivity contribution in [2.75, 3.05) is 10.8 Å². The van der Waals surface area contributed by atoms with Crippen LogP contribution in [0.1, 0.15) is 35.2 Å². The molecule has 1 amide bonds. The van der Waals surface area contributed by atoms with Crippen LogP contribution in [0.5, 0.6) is 0 Å². The molecule has 0 radical (unpaired) electrons. The maximum Gasteiger partial charge on any atom is 0.416 e. The van der Waals surface area contributed by atoms with E-state index in [0.717, 1.165) is 34.9 Å². The van der Waals surface area contributed by atoms with Crippen LogP contribution in [0, 0.1) is 13.8 Å². The van der Waals surface area contributed by atoms with Crippen molar-refractivity contribution in [1.29, 1.82) is 0 Å². The molecule has 9 heteroatoms. The van der Waals surface area contributed by atoms with Gasteiger partial charge >= 0.3 is 6.18 Å². The molecule has 0 aliphatic rings. The summed E-state index contributed by atoms with van der Waals surface area (Å²) in [5, 5.41) is 2.73. The van der Waals surface area contributed by atoms with Crippen LogP contribution in [0.2, 0.25) is 0 Å². The zero-order valence-corrected chi connectivity index (χ0v) is 19.7. The molecule has 0 bridgehead atoms. The van der Waals surface area contributed by atoms with E-state index < -0.39 is 40.3 Å². The van der Waals surface area contributed by atoms with Crippen LogP contribution in [0.15, 0.2) is 77.7 Å². The number of halogens is 3. The van der Waals surface area contributed by atoms with Crippen molar-refractivity contribution in [3.8, 4) is 0 Å². The van der Waals surface area contributed by atoms with Gasteiger partial charge < -0.3 is 5.32 Å². The minimum absolute atomic E-state index is 0.130.